The molecular weight excluding hydrogens is 132 g/mol. The standard InChI is InChI=1S/CH4O4S.Mg.2H/c2-1-6(3,4)5;;;/h2H,1H2,(H,3,4,5);;;/q;+2;2*-1. The van der Waals surface area contributed by atoms with Crippen LogP contribution in [0.5, 0.6) is 0 Å². The summed E-state index contributed by atoms with van der Waals surface area (Å²) in [7, 11) is -4.11. The second kappa shape index (κ2) is 3.62. The van der Waals surface area contributed by atoms with Gasteiger partial charge in [-0.2, -0.15) is 8.42 Å². The van der Waals surface area contributed by atoms with Crippen LogP contribution in [-0.2, 0) is 10.1 Å². The fourth-order valence-corrected chi connectivity index (χ4v) is 0. The van der Waals surface area contributed by atoms with Crippen molar-refractivity contribution in [1.82, 2.24) is 0 Å². The Morgan fingerprint density at radius 2 is 1.71 bits per heavy atom. The molecule has 0 fully saturated rings. The molecule has 42 valence electrons. The zero-order chi connectivity index (χ0) is 5.21. The van der Waals surface area contributed by atoms with Crippen LogP contribution >= 0.6 is 0 Å². The molecule has 0 saturated carbocycles. The number of hydrogen-bond donors (Lipinski definition) is 2. The first-order valence-corrected chi connectivity index (χ1v) is 2.73. The molecule has 0 amide bonds. The molecular formula is CH6MgO4S. The van der Waals surface area contributed by atoms with Gasteiger partial charge in [0.2, 0.25) is 0 Å². The zero-order valence-corrected chi connectivity index (χ0v) is 5.76. The smallest absolute Gasteiger partial charge is 1.00 e. The van der Waals surface area contributed by atoms with E-state index in [4.69, 9.17) is 9.66 Å². The third kappa shape index (κ3) is 10.8. The van der Waals surface area contributed by atoms with Gasteiger partial charge in [-0.25, -0.2) is 0 Å². The van der Waals surface area contributed by atoms with E-state index in [0.717, 1.165) is 0 Å². The molecule has 0 radical (unpaired) electrons. The van der Waals surface area contributed by atoms with E-state index in [0.29, 0.717) is 0 Å². The van der Waals surface area contributed by atoms with Gasteiger partial charge in [-0.3, -0.25) is 4.55 Å². The normalized spacial score (nSPS) is 10.0. The SMILES string of the molecule is O=S(=O)(O)CO.[H-].[H-].[Mg+2]. The summed E-state index contributed by atoms with van der Waals surface area (Å²) in [6, 6.07) is 0. The van der Waals surface area contributed by atoms with Crippen LogP contribution in [0.4, 0.5) is 0 Å². The third-order valence-corrected chi connectivity index (χ3v) is 0.489. The maximum absolute atomic E-state index is 9.31. The molecule has 0 atom stereocenters. The predicted molar refractivity (Wildman–Crippen MR) is 26.6 cm³/mol. The summed E-state index contributed by atoms with van der Waals surface area (Å²) in [5.74, 6) is -1.20. The molecule has 0 aliphatic rings. The van der Waals surface area contributed by atoms with E-state index in [9.17, 15) is 8.42 Å². The summed E-state index contributed by atoms with van der Waals surface area (Å²) < 4.78 is 26.2. The Bertz CT molecular complexity index is 121. The van der Waals surface area contributed by atoms with Crippen LogP contribution < -0.4 is 0 Å². The Morgan fingerprint density at radius 1 is 1.57 bits per heavy atom. The first-order valence-electron chi connectivity index (χ1n) is 1.12. The average molecular weight is 138 g/mol. The van der Waals surface area contributed by atoms with E-state index in [-0.39, 0.29) is 25.9 Å². The first-order chi connectivity index (χ1) is 2.56. The van der Waals surface area contributed by atoms with Crippen LogP contribution in [0.3, 0.4) is 0 Å². The molecule has 0 unspecified atom stereocenters. The Labute approximate surface area is 60.4 Å². The van der Waals surface area contributed by atoms with Gasteiger partial charge in [0.05, 0.1) is 0 Å². The molecule has 7 heavy (non-hydrogen) atoms. The summed E-state index contributed by atoms with van der Waals surface area (Å²) in [6.07, 6.45) is 0. The molecule has 4 nitrogen and oxygen atoms in total. The molecule has 0 aliphatic carbocycles. The molecule has 0 saturated heterocycles. The van der Waals surface area contributed by atoms with Crippen molar-refractivity contribution < 1.29 is 20.9 Å². The Morgan fingerprint density at radius 3 is 1.71 bits per heavy atom. The van der Waals surface area contributed by atoms with Crippen molar-refractivity contribution in [1.29, 1.82) is 0 Å². The van der Waals surface area contributed by atoms with Crippen LogP contribution in [0.15, 0.2) is 0 Å². The van der Waals surface area contributed by atoms with Crippen molar-refractivity contribution in [2.24, 2.45) is 0 Å². The summed E-state index contributed by atoms with van der Waals surface area (Å²) in [5, 5.41) is 7.56. The van der Waals surface area contributed by atoms with Gasteiger partial charge in [0.1, 0.15) is 0 Å². The predicted octanol–water partition coefficient (Wildman–Crippen LogP) is -1.33. The van der Waals surface area contributed by atoms with Gasteiger partial charge in [-0.15, -0.1) is 0 Å². The van der Waals surface area contributed by atoms with E-state index in [2.05, 4.69) is 0 Å². The van der Waals surface area contributed by atoms with Gasteiger partial charge >= 0.3 is 23.1 Å². The number of hydrogen-bond acceptors (Lipinski definition) is 3. The van der Waals surface area contributed by atoms with Gasteiger partial charge in [-0.1, -0.05) is 0 Å². The van der Waals surface area contributed by atoms with Crippen molar-refractivity contribution in [3.63, 3.8) is 0 Å². The fraction of sp³-hybridized carbons (Fsp3) is 1.00. The largest absolute Gasteiger partial charge is 2.00 e. The number of aliphatic hydroxyl groups is 1. The molecule has 0 aliphatic heterocycles. The zero-order valence-electron chi connectivity index (χ0n) is 5.53. The quantitative estimate of drug-likeness (QED) is 0.348. The van der Waals surface area contributed by atoms with Crippen LogP contribution in [-0.4, -0.2) is 47.1 Å². The van der Waals surface area contributed by atoms with Gasteiger partial charge in [0, 0.05) is 0 Å². The summed E-state index contributed by atoms with van der Waals surface area (Å²) in [5.41, 5.74) is 0. The summed E-state index contributed by atoms with van der Waals surface area (Å²) in [4.78, 5) is 0. The number of aliphatic hydroxyl groups excluding tert-OH is 1. The Balaban J connectivity index is -0.0000000417. The van der Waals surface area contributed by atoms with Crippen molar-refractivity contribution in [3.05, 3.63) is 0 Å². The van der Waals surface area contributed by atoms with Gasteiger partial charge in [-0.05, 0) is 0 Å². The minimum atomic E-state index is -4.11. The van der Waals surface area contributed by atoms with Gasteiger partial charge < -0.3 is 7.96 Å². The molecule has 6 heteroatoms. The maximum Gasteiger partial charge on any atom is 2.00 e. The fourth-order valence-electron chi connectivity index (χ4n) is 0. The Hall–Kier alpha value is 0.636. The van der Waals surface area contributed by atoms with Crippen molar-refractivity contribution in [2.45, 2.75) is 0 Å². The van der Waals surface area contributed by atoms with Crippen molar-refractivity contribution in [3.8, 4) is 0 Å². The van der Waals surface area contributed by atoms with E-state index in [1.807, 2.05) is 0 Å². The molecule has 2 N–H and O–H groups in total. The average Bonchev–Trinajstić information content (AvgIpc) is 1.35. The molecule has 0 aromatic heterocycles. The van der Waals surface area contributed by atoms with E-state index < -0.39 is 16.1 Å². The van der Waals surface area contributed by atoms with Crippen LogP contribution in [0.1, 0.15) is 2.85 Å². The molecule has 0 bridgehead atoms. The van der Waals surface area contributed by atoms with Crippen LogP contribution in [0, 0.1) is 0 Å². The first kappa shape index (κ1) is 10.6. The molecule has 0 heterocycles. The third-order valence-electron chi connectivity index (χ3n) is 0.163. The Kier molecular flexibility index (Phi) is 5.47. The molecule has 0 aromatic rings. The molecule has 0 aromatic carbocycles. The summed E-state index contributed by atoms with van der Waals surface area (Å²) >= 11 is 0. The minimum absolute atomic E-state index is 0. The second-order valence-corrected chi connectivity index (χ2v) is 2.13. The monoisotopic (exact) mass is 138 g/mol. The van der Waals surface area contributed by atoms with E-state index >= 15 is 0 Å². The maximum atomic E-state index is 9.31. The molecule has 0 spiro atoms. The van der Waals surface area contributed by atoms with Crippen LogP contribution in [0.25, 0.3) is 0 Å². The van der Waals surface area contributed by atoms with E-state index in [1.165, 1.54) is 0 Å². The van der Waals surface area contributed by atoms with Crippen molar-refractivity contribution in [2.75, 3.05) is 5.94 Å². The molecule has 0 rings (SSSR count). The van der Waals surface area contributed by atoms with E-state index in [1.54, 1.807) is 0 Å². The van der Waals surface area contributed by atoms with Gasteiger partial charge in [0.25, 0.3) is 10.1 Å². The van der Waals surface area contributed by atoms with Crippen LogP contribution in [0.2, 0.25) is 0 Å². The second-order valence-electron chi connectivity index (χ2n) is 0.711. The van der Waals surface area contributed by atoms with Gasteiger partial charge in [0.15, 0.2) is 5.94 Å². The summed E-state index contributed by atoms with van der Waals surface area (Å²) in [6.45, 7) is 0. The minimum Gasteiger partial charge on any atom is -1.00 e. The topological polar surface area (TPSA) is 74.6 Å². The van der Waals surface area contributed by atoms with Crippen molar-refractivity contribution >= 4 is 33.2 Å². The number of rotatable bonds is 1.